The minimum absolute atomic E-state index is 0.171. The fraction of sp³-hybridized carbons (Fsp3) is 0.600. The van der Waals surface area contributed by atoms with Crippen LogP contribution in [0.4, 0.5) is 0 Å². The van der Waals surface area contributed by atoms with E-state index in [0.717, 1.165) is 0 Å². The van der Waals surface area contributed by atoms with Crippen LogP contribution in [-0.2, 0) is 4.79 Å². The molecule has 0 fully saturated rings. The minimum atomic E-state index is -0.171. The van der Waals surface area contributed by atoms with E-state index in [-0.39, 0.29) is 11.5 Å². The average molecular weight is 115 g/mol. The van der Waals surface area contributed by atoms with Gasteiger partial charge in [-0.15, -0.1) is 0 Å². The van der Waals surface area contributed by atoms with E-state index < -0.39 is 0 Å². The number of hydrogen-bond acceptors (Lipinski definition) is 3. The number of rotatable bonds is 2. The minimum Gasteiger partial charge on any atom is -0.411 e. The molecule has 0 aliphatic rings. The van der Waals surface area contributed by atoms with Gasteiger partial charge >= 0.3 is 0 Å². The Morgan fingerprint density at radius 2 is 2.25 bits per heavy atom. The van der Waals surface area contributed by atoms with Gasteiger partial charge in [0.25, 0.3) is 0 Å². The molecule has 8 heavy (non-hydrogen) atoms. The van der Waals surface area contributed by atoms with Crippen molar-refractivity contribution >= 4 is 11.5 Å². The highest BCUT2D eigenvalue weighted by molar-refractivity contribution is 6.38. The van der Waals surface area contributed by atoms with Crippen LogP contribution >= 0.6 is 0 Å². The molecule has 0 aromatic heterocycles. The van der Waals surface area contributed by atoms with Gasteiger partial charge in [0.05, 0.1) is 0 Å². The first-order chi connectivity index (χ1) is 3.72. The van der Waals surface area contributed by atoms with E-state index in [2.05, 4.69) is 5.16 Å². The third kappa shape index (κ3) is 1.73. The normalized spacial score (nSPS) is 11.5. The fourth-order valence-electron chi connectivity index (χ4n) is 0.390. The number of Topliss-reactive ketones (excluding diaryl/α,β-unsaturated/α-hetero) is 1. The standard InChI is InChI=1S/C5H9NO2/c1-3-5(6-8)4(2)7/h8H,3H2,1-2H3. The number of oxime groups is 1. The van der Waals surface area contributed by atoms with Crippen LogP contribution in [-0.4, -0.2) is 16.7 Å². The molecule has 0 aromatic rings. The van der Waals surface area contributed by atoms with E-state index in [1.54, 1.807) is 6.92 Å². The van der Waals surface area contributed by atoms with Crippen molar-refractivity contribution in [3.05, 3.63) is 0 Å². The molecule has 0 unspecified atom stereocenters. The Bertz CT molecular complexity index is 118. The van der Waals surface area contributed by atoms with Crippen molar-refractivity contribution < 1.29 is 10.0 Å². The number of nitrogens with zero attached hydrogens (tertiary/aromatic N) is 1. The highest BCUT2D eigenvalue weighted by atomic mass is 16.4. The lowest BCUT2D eigenvalue weighted by molar-refractivity contribution is -0.111. The molecule has 0 aliphatic heterocycles. The molecule has 1 N–H and O–H groups in total. The fourth-order valence-corrected chi connectivity index (χ4v) is 0.390. The number of carbonyl (C=O) groups excluding carboxylic acids is 1. The van der Waals surface area contributed by atoms with Crippen LogP contribution in [0.1, 0.15) is 20.3 Å². The highest BCUT2D eigenvalue weighted by Crippen LogP contribution is 1.84. The summed E-state index contributed by atoms with van der Waals surface area (Å²) in [5.41, 5.74) is 0.227. The van der Waals surface area contributed by atoms with Crippen molar-refractivity contribution in [3.8, 4) is 0 Å². The molecule has 0 saturated carbocycles. The predicted octanol–water partition coefficient (Wildman–Crippen LogP) is 0.816. The zero-order valence-electron chi connectivity index (χ0n) is 5.01. The molecule has 0 radical (unpaired) electrons. The first-order valence-corrected chi connectivity index (χ1v) is 2.44. The van der Waals surface area contributed by atoms with Crippen molar-refractivity contribution in [1.29, 1.82) is 0 Å². The molecule has 46 valence electrons. The summed E-state index contributed by atoms with van der Waals surface area (Å²) in [6.07, 6.45) is 0.492. The smallest absolute Gasteiger partial charge is 0.177 e. The van der Waals surface area contributed by atoms with E-state index in [1.807, 2.05) is 0 Å². The van der Waals surface area contributed by atoms with Crippen LogP contribution in [0.3, 0.4) is 0 Å². The van der Waals surface area contributed by atoms with Gasteiger partial charge in [0, 0.05) is 6.92 Å². The van der Waals surface area contributed by atoms with Crippen LogP contribution in [0.25, 0.3) is 0 Å². The molecule has 3 heteroatoms. The van der Waals surface area contributed by atoms with Gasteiger partial charge < -0.3 is 5.21 Å². The van der Waals surface area contributed by atoms with Crippen molar-refractivity contribution in [2.75, 3.05) is 0 Å². The molecule has 0 spiro atoms. The van der Waals surface area contributed by atoms with Gasteiger partial charge in [-0.1, -0.05) is 12.1 Å². The Hall–Kier alpha value is -0.860. The second-order valence-electron chi connectivity index (χ2n) is 1.46. The van der Waals surface area contributed by atoms with Gasteiger partial charge in [-0.3, -0.25) is 4.79 Å². The molecule has 0 bridgehead atoms. The van der Waals surface area contributed by atoms with E-state index in [0.29, 0.717) is 6.42 Å². The molecule has 0 saturated heterocycles. The maximum atomic E-state index is 10.3. The van der Waals surface area contributed by atoms with Gasteiger partial charge in [0.2, 0.25) is 0 Å². The zero-order valence-corrected chi connectivity index (χ0v) is 5.01. The van der Waals surface area contributed by atoms with Crippen LogP contribution < -0.4 is 0 Å². The Balaban J connectivity index is 3.92. The average Bonchev–Trinajstić information content (AvgIpc) is 1.69. The van der Waals surface area contributed by atoms with Gasteiger partial charge in [0.15, 0.2) is 5.78 Å². The summed E-state index contributed by atoms with van der Waals surface area (Å²) in [5, 5.41) is 10.8. The van der Waals surface area contributed by atoms with Crippen LogP contribution in [0.2, 0.25) is 0 Å². The summed E-state index contributed by atoms with van der Waals surface area (Å²) in [5.74, 6) is -0.171. The van der Waals surface area contributed by atoms with E-state index in [9.17, 15) is 4.79 Å². The lowest BCUT2D eigenvalue weighted by Crippen LogP contribution is -2.07. The monoisotopic (exact) mass is 115 g/mol. The second kappa shape index (κ2) is 3.18. The Kier molecular flexibility index (Phi) is 2.84. The van der Waals surface area contributed by atoms with Crippen LogP contribution in [0.5, 0.6) is 0 Å². The Morgan fingerprint density at radius 1 is 1.75 bits per heavy atom. The summed E-state index contributed by atoms with van der Waals surface area (Å²) in [7, 11) is 0. The highest BCUT2D eigenvalue weighted by Gasteiger charge is 2.00. The van der Waals surface area contributed by atoms with Gasteiger partial charge in [0.1, 0.15) is 5.71 Å². The lowest BCUT2D eigenvalue weighted by Gasteiger charge is -1.89. The summed E-state index contributed by atoms with van der Waals surface area (Å²) in [4.78, 5) is 10.3. The molecule has 0 atom stereocenters. The summed E-state index contributed by atoms with van der Waals surface area (Å²) < 4.78 is 0. The molecule has 3 nitrogen and oxygen atoms in total. The number of hydrogen-bond donors (Lipinski definition) is 1. The summed E-state index contributed by atoms with van der Waals surface area (Å²) in [6, 6.07) is 0. The van der Waals surface area contributed by atoms with Crippen LogP contribution in [0, 0.1) is 0 Å². The van der Waals surface area contributed by atoms with E-state index in [1.165, 1.54) is 6.92 Å². The maximum Gasteiger partial charge on any atom is 0.177 e. The summed E-state index contributed by atoms with van der Waals surface area (Å²) in [6.45, 7) is 3.13. The molecule has 0 rings (SSSR count). The second-order valence-corrected chi connectivity index (χ2v) is 1.46. The van der Waals surface area contributed by atoms with Crippen molar-refractivity contribution in [2.24, 2.45) is 5.16 Å². The van der Waals surface area contributed by atoms with E-state index in [4.69, 9.17) is 5.21 Å². The van der Waals surface area contributed by atoms with Crippen LogP contribution in [0.15, 0.2) is 5.16 Å². The first kappa shape index (κ1) is 7.14. The molecule has 0 amide bonds. The lowest BCUT2D eigenvalue weighted by atomic mass is 10.2. The predicted molar refractivity (Wildman–Crippen MR) is 30.2 cm³/mol. The number of carbonyl (C=O) groups is 1. The third-order valence-corrected chi connectivity index (χ3v) is 0.862. The molecular formula is C5H9NO2. The summed E-state index contributed by atoms with van der Waals surface area (Å²) >= 11 is 0. The zero-order chi connectivity index (χ0) is 6.57. The largest absolute Gasteiger partial charge is 0.411 e. The molecule has 0 aromatic carbocycles. The van der Waals surface area contributed by atoms with Gasteiger partial charge in [-0.05, 0) is 6.42 Å². The molecular weight excluding hydrogens is 106 g/mol. The quantitative estimate of drug-likeness (QED) is 0.329. The van der Waals surface area contributed by atoms with Crippen molar-refractivity contribution in [3.63, 3.8) is 0 Å². The SMILES string of the molecule is CCC(=NO)C(C)=O. The van der Waals surface area contributed by atoms with Gasteiger partial charge in [-0.25, -0.2) is 0 Å². The Labute approximate surface area is 48.0 Å². The van der Waals surface area contributed by atoms with Crippen molar-refractivity contribution in [2.45, 2.75) is 20.3 Å². The van der Waals surface area contributed by atoms with Crippen molar-refractivity contribution in [1.82, 2.24) is 0 Å². The molecule has 0 heterocycles. The van der Waals surface area contributed by atoms with E-state index >= 15 is 0 Å². The topological polar surface area (TPSA) is 49.7 Å². The number of ketones is 1. The first-order valence-electron chi connectivity index (χ1n) is 2.44. The molecule has 0 aliphatic carbocycles. The Morgan fingerprint density at radius 3 is 2.25 bits per heavy atom. The maximum absolute atomic E-state index is 10.3. The third-order valence-electron chi connectivity index (χ3n) is 0.862. The van der Waals surface area contributed by atoms with Gasteiger partial charge in [-0.2, -0.15) is 0 Å².